The summed E-state index contributed by atoms with van der Waals surface area (Å²) >= 11 is 1.44. The van der Waals surface area contributed by atoms with Crippen molar-refractivity contribution in [1.29, 1.82) is 5.26 Å². The minimum atomic E-state index is 0.439. The second kappa shape index (κ2) is 4.62. The van der Waals surface area contributed by atoms with Crippen molar-refractivity contribution in [2.45, 2.75) is 11.7 Å². The van der Waals surface area contributed by atoms with Gasteiger partial charge in [0.15, 0.2) is 5.16 Å². The number of hydrogen-bond acceptors (Lipinski definition) is 3. The molecule has 0 unspecified atom stereocenters. The molecule has 0 spiro atoms. The fraction of sp³-hybridized carbons (Fsp3) is 0.250. The fourth-order valence-corrected chi connectivity index (χ4v) is 1.44. The molecule has 0 amide bonds. The van der Waals surface area contributed by atoms with Gasteiger partial charge in [0.2, 0.25) is 0 Å². The van der Waals surface area contributed by atoms with Gasteiger partial charge in [-0.2, -0.15) is 5.26 Å². The summed E-state index contributed by atoms with van der Waals surface area (Å²) in [7, 11) is 0. The minimum absolute atomic E-state index is 0.439. The number of hydrogen-bond donors (Lipinski definition) is 0. The molecule has 4 heteroatoms. The molecule has 1 aromatic heterocycles. The highest BCUT2D eigenvalue weighted by molar-refractivity contribution is 7.99. The molecular formula is C8H9N3S. The molecule has 0 fully saturated rings. The molecule has 0 bridgehead atoms. The van der Waals surface area contributed by atoms with Crippen molar-refractivity contribution in [2.24, 2.45) is 0 Å². The summed E-state index contributed by atoms with van der Waals surface area (Å²) in [5.41, 5.74) is 0. The van der Waals surface area contributed by atoms with Crippen LogP contribution in [0.2, 0.25) is 0 Å². The minimum Gasteiger partial charge on any atom is -0.322 e. The molecule has 0 aliphatic rings. The molecule has 3 nitrogen and oxygen atoms in total. The standard InChI is InChI=1S/C8H9N3S/c1-2-5-11-6-4-10-8(11)12-7-3-9/h2,4,6H,1,5,7H2. The molecular weight excluding hydrogens is 170 g/mol. The monoisotopic (exact) mass is 179 g/mol. The molecule has 0 atom stereocenters. The van der Waals surface area contributed by atoms with Gasteiger partial charge >= 0.3 is 0 Å². The number of allylic oxidation sites excluding steroid dienone is 1. The van der Waals surface area contributed by atoms with Crippen molar-refractivity contribution in [3.05, 3.63) is 25.0 Å². The van der Waals surface area contributed by atoms with Crippen LogP contribution in [0.5, 0.6) is 0 Å². The van der Waals surface area contributed by atoms with Crippen LogP contribution in [0.3, 0.4) is 0 Å². The van der Waals surface area contributed by atoms with Gasteiger partial charge in [-0.25, -0.2) is 4.98 Å². The van der Waals surface area contributed by atoms with Crippen molar-refractivity contribution >= 4 is 11.8 Å². The molecule has 0 aromatic carbocycles. The SMILES string of the molecule is C=CCn1ccnc1SCC#N. The maximum Gasteiger partial charge on any atom is 0.169 e. The molecule has 1 heterocycles. The number of aromatic nitrogens is 2. The van der Waals surface area contributed by atoms with Crippen LogP contribution in [0, 0.1) is 11.3 Å². The van der Waals surface area contributed by atoms with E-state index in [0.29, 0.717) is 5.75 Å². The topological polar surface area (TPSA) is 41.6 Å². The number of rotatable bonds is 4. The van der Waals surface area contributed by atoms with Gasteiger partial charge in [-0.1, -0.05) is 17.8 Å². The Hall–Kier alpha value is -1.21. The third-order valence-corrected chi connectivity index (χ3v) is 2.14. The van der Waals surface area contributed by atoms with E-state index in [1.807, 2.05) is 10.8 Å². The Labute approximate surface area is 75.7 Å². The smallest absolute Gasteiger partial charge is 0.169 e. The summed E-state index contributed by atoms with van der Waals surface area (Å²) in [5, 5.41) is 9.23. The van der Waals surface area contributed by atoms with Gasteiger partial charge in [-0.05, 0) is 0 Å². The Kier molecular flexibility index (Phi) is 3.42. The van der Waals surface area contributed by atoms with Crippen LogP contribution in [0.1, 0.15) is 0 Å². The highest BCUT2D eigenvalue weighted by atomic mass is 32.2. The van der Waals surface area contributed by atoms with E-state index in [1.54, 1.807) is 12.3 Å². The van der Waals surface area contributed by atoms with Crippen LogP contribution in [-0.2, 0) is 6.54 Å². The van der Waals surface area contributed by atoms with E-state index in [9.17, 15) is 0 Å². The Morgan fingerprint density at radius 1 is 1.83 bits per heavy atom. The van der Waals surface area contributed by atoms with E-state index in [4.69, 9.17) is 5.26 Å². The van der Waals surface area contributed by atoms with Crippen molar-refractivity contribution in [1.82, 2.24) is 9.55 Å². The van der Waals surface area contributed by atoms with E-state index in [-0.39, 0.29) is 0 Å². The van der Waals surface area contributed by atoms with Gasteiger partial charge in [-0.3, -0.25) is 0 Å². The molecule has 0 aliphatic carbocycles. The molecule has 62 valence electrons. The van der Waals surface area contributed by atoms with Crippen LogP contribution in [0.4, 0.5) is 0 Å². The molecule has 0 radical (unpaired) electrons. The molecule has 1 rings (SSSR count). The van der Waals surface area contributed by atoms with Crippen LogP contribution >= 0.6 is 11.8 Å². The highest BCUT2D eigenvalue weighted by Gasteiger charge is 1.99. The first-order valence-corrected chi connectivity index (χ1v) is 4.49. The first-order chi connectivity index (χ1) is 5.88. The predicted octanol–water partition coefficient (Wildman–Crippen LogP) is 1.68. The molecule has 0 saturated carbocycles. The van der Waals surface area contributed by atoms with E-state index in [2.05, 4.69) is 17.6 Å². The Balaban J connectivity index is 2.64. The number of imidazole rings is 1. The lowest BCUT2D eigenvalue weighted by Crippen LogP contribution is -1.95. The third-order valence-electron chi connectivity index (χ3n) is 1.27. The predicted molar refractivity (Wildman–Crippen MR) is 48.8 cm³/mol. The van der Waals surface area contributed by atoms with Crippen molar-refractivity contribution in [3.8, 4) is 6.07 Å². The number of thioether (sulfide) groups is 1. The first-order valence-electron chi connectivity index (χ1n) is 3.50. The van der Waals surface area contributed by atoms with E-state index in [0.717, 1.165) is 11.7 Å². The zero-order chi connectivity index (χ0) is 8.81. The lowest BCUT2D eigenvalue weighted by Gasteiger charge is -2.00. The normalized spacial score (nSPS) is 9.25. The van der Waals surface area contributed by atoms with Crippen molar-refractivity contribution in [2.75, 3.05) is 5.75 Å². The van der Waals surface area contributed by atoms with Gasteiger partial charge in [0.05, 0.1) is 11.8 Å². The molecule has 0 N–H and O–H groups in total. The molecule has 0 aliphatic heterocycles. The summed E-state index contributed by atoms with van der Waals surface area (Å²) in [6, 6.07) is 2.06. The zero-order valence-corrected chi connectivity index (χ0v) is 7.42. The Morgan fingerprint density at radius 2 is 2.67 bits per heavy atom. The van der Waals surface area contributed by atoms with E-state index >= 15 is 0 Å². The summed E-state index contributed by atoms with van der Waals surface area (Å²) in [6.07, 6.45) is 5.41. The number of nitrogens with zero attached hydrogens (tertiary/aromatic N) is 3. The average Bonchev–Trinajstić information content (AvgIpc) is 2.50. The fourth-order valence-electron chi connectivity index (χ4n) is 0.811. The highest BCUT2D eigenvalue weighted by Crippen LogP contribution is 2.14. The summed E-state index contributed by atoms with van der Waals surface area (Å²) in [5.74, 6) is 0.439. The van der Waals surface area contributed by atoms with E-state index in [1.165, 1.54) is 11.8 Å². The van der Waals surface area contributed by atoms with Gasteiger partial charge in [0.1, 0.15) is 0 Å². The first kappa shape index (κ1) is 8.88. The lowest BCUT2D eigenvalue weighted by molar-refractivity contribution is 0.726. The van der Waals surface area contributed by atoms with Gasteiger partial charge in [-0.15, -0.1) is 6.58 Å². The van der Waals surface area contributed by atoms with Crippen LogP contribution in [-0.4, -0.2) is 15.3 Å². The maximum absolute atomic E-state index is 8.36. The quantitative estimate of drug-likeness (QED) is 0.521. The summed E-state index contributed by atoms with van der Waals surface area (Å²) in [6.45, 7) is 4.38. The zero-order valence-electron chi connectivity index (χ0n) is 6.60. The molecule has 1 aromatic rings. The largest absolute Gasteiger partial charge is 0.322 e. The Bertz CT molecular complexity index is 297. The average molecular weight is 179 g/mol. The molecule has 0 saturated heterocycles. The maximum atomic E-state index is 8.36. The summed E-state index contributed by atoms with van der Waals surface area (Å²) in [4.78, 5) is 4.10. The second-order valence-corrected chi connectivity index (χ2v) is 3.04. The molecule has 12 heavy (non-hydrogen) atoms. The van der Waals surface area contributed by atoms with Gasteiger partial charge < -0.3 is 4.57 Å². The number of nitriles is 1. The lowest BCUT2D eigenvalue weighted by atomic mass is 10.6. The second-order valence-electron chi connectivity index (χ2n) is 2.10. The van der Waals surface area contributed by atoms with Crippen LogP contribution in [0.15, 0.2) is 30.2 Å². The van der Waals surface area contributed by atoms with Crippen LogP contribution < -0.4 is 0 Å². The van der Waals surface area contributed by atoms with Crippen LogP contribution in [0.25, 0.3) is 0 Å². The van der Waals surface area contributed by atoms with Gasteiger partial charge in [0.25, 0.3) is 0 Å². The van der Waals surface area contributed by atoms with Crippen molar-refractivity contribution < 1.29 is 0 Å². The van der Waals surface area contributed by atoms with Gasteiger partial charge in [0, 0.05) is 18.9 Å². The Morgan fingerprint density at radius 3 is 3.33 bits per heavy atom. The van der Waals surface area contributed by atoms with E-state index < -0.39 is 0 Å². The summed E-state index contributed by atoms with van der Waals surface area (Å²) < 4.78 is 1.95. The third kappa shape index (κ3) is 2.14. The van der Waals surface area contributed by atoms with Crippen molar-refractivity contribution in [3.63, 3.8) is 0 Å².